The first kappa shape index (κ1) is 18.1. The van der Waals surface area contributed by atoms with Crippen molar-refractivity contribution in [1.82, 2.24) is 0 Å². The molecule has 1 heterocycles. The molecular formula is C17H26NO4+. The number of pyridine rings is 1. The summed E-state index contributed by atoms with van der Waals surface area (Å²) >= 11 is 0. The van der Waals surface area contributed by atoms with Gasteiger partial charge in [0, 0.05) is 6.07 Å². The fourth-order valence-electron chi connectivity index (χ4n) is 2.21. The molecule has 1 aromatic heterocycles. The van der Waals surface area contributed by atoms with Crippen molar-refractivity contribution in [2.75, 3.05) is 13.2 Å². The summed E-state index contributed by atoms with van der Waals surface area (Å²) in [7, 11) is 1.83. The summed E-state index contributed by atoms with van der Waals surface area (Å²) in [6.07, 6.45) is 5.28. The van der Waals surface area contributed by atoms with E-state index >= 15 is 0 Å². The molecule has 0 N–H and O–H groups in total. The molecule has 0 radical (unpaired) electrons. The van der Waals surface area contributed by atoms with Crippen molar-refractivity contribution in [3.05, 3.63) is 30.1 Å². The van der Waals surface area contributed by atoms with Gasteiger partial charge in [0.1, 0.15) is 25.8 Å². The predicted molar refractivity (Wildman–Crippen MR) is 82.1 cm³/mol. The van der Waals surface area contributed by atoms with Crippen LogP contribution in [0.15, 0.2) is 24.5 Å². The van der Waals surface area contributed by atoms with Gasteiger partial charge >= 0.3 is 11.9 Å². The lowest BCUT2D eigenvalue weighted by Gasteiger charge is -2.18. The fraction of sp³-hybridized carbons (Fsp3) is 0.588. The third-order valence-electron chi connectivity index (χ3n) is 3.44. The molecule has 1 atom stereocenters. The average molecular weight is 308 g/mol. The average Bonchev–Trinajstić information content (AvgIpc) is 2.48. The zero-order valence-electron chi connectivity index (χ0n) is 13.9. The molecule has 1 aromatic rings. The zero-order chi connectivity index (χ0) is 16.5. The van der Waals surface area contributed by atoms with E-state index in [4.69, 9.17) is 9.47 Å². The summed E-state index contributed by atoms with van der Waals surface area (Å²) in [6, 6.07) is 3.46. The highest BCUT2D eigenvalue weighted by Gasteiger charge is 2.22. The van der Waals surface area contributed by atoms with Crippen LogP contribution in [0.4, 0.5) is 0 Å². The van der Waals surface area contributed by atoms with Gasteiger partial charge in [-0.15, -0.1) is 0 Å². The summed E-state index contributed by atoms with van der Waals surface area (Å²) < 4.78 is 12.1. The van der Waals surface area contributed by atoms with Gasteiger partial charge < -0.3 is 9.47 Å². The highest BCUT2D eigenvalue weighted by molar-refractivity contribution is 5.88. The minimum Gasteiger partial charge on any atom is -0.462 e. The van der Waals surface area contributed by atoms with Crippen molar-refractivity contribution in [3.63, 3.8) is 0 Å². The monoisotopic (exact) mass is 308 g/mol. The Kier molecular flexibility index (Phi) is 7.57. The molecular weight excluding hydrogens is 282 g/mol. The minimum atomic E-state index is -0.416. The lowest BCUT2D eigenvalue weighted by atomic mass is 9.92. The van der Waals surface area contributed by atoms with Crippen molar-refractivity contribution in [2.24, 2.45) is 18.9 Å². The van der Waals surface area contributed by atoms with E-state index in [9.17, 15) is 9.59 Å². The lowest BCUT2D eigenvalue weighted by Crippen LogP contribution is -2.28. The van der Waals surface area contributed by atoms with Crippen molar-refractivity contribution in [3.8, 4) is 0 Å². The molecule has 22 heavy (non-hydrogen) atoms. The van der Waals surface area contributed by atoms with Gasteiger partial charge in [-0.3, -0.25) is 4.79 Å². The lowest BCUT2D eigenvalue weighted by molar-refractivity contribution is -0.671. The molecule has 0 saturated carbocycles. The van der Waals surface area contributed by atoms with Crippen LogP contribution in [0, 0.1) is 11.8 Å². The summed E-state index contributed by atoms with van der Waals surface area (Å²) in [6.45, 7) is 6.23. The first-order valence-corrected chi connectivity index (χ1v) is 7.74. The Bertz CT molecular complexity index is 499. The van der Waals surface area contributed by atoms with Crippen LogP contribution in [0.25, 0.3) is 0 Å². The second-order valence-corrected chi connectivity index (χ2v) is 5.70. The van der Waals surface area contributed by atoms with Gasteiger partial charge in [0.05, 0.1) is 5.92 Å². The number of rotatable bonds is 8. The standard InChI is InChI=1S/C17H26NO4/c1-5-7-15(13(2)3)17(20)22-11-10-21-16(19)14-8-6-9-18(4)12-14/h6,8-9,12-13,15H,5,7,10-11H2,1-4H3/q+1. The van der Waals surface area contributed by atoms with Crippen LogP contribution in [0.2, 0.25) is 0 Å². The van der Waals surface area contributed by atoms with E-state index in [0.717, 1.165) is 12.8 Å². The van der Waals surface area contributed by atoms with Gasteiger partial charge in [0.15, 0.2) is 12.4 Å². The van der Waals surface area contributed by atoms with Crippen LogP contribution in [0.3, 0.4) is 0 Å². The van der Waals surface area contributed by atoms with Crippen molar-refractivity contribution < 1.29 is 23.6 Å². The molecule has 0 amide bonds. The van der Waals surface area contributed by atoms with E-state index in [0.29, 0.717) is 5.56 Å². The topological polar surface area (TPSA) is 56.5 Å². The molecule has 1 unspecified atom stereocenters. The van der Waals surface area contributed by atoms with E-state index in [-0.39, 0.29) is 31.0 Å². The fourth-order valence-corrected chi connectivity index (χ4v) is 2.21. The van der Waals surface area contributed by atoms with Crippen LogP contribution in [-0.4, -0.2) is 25.2 Å². The quantitative estimate of drug-likeness (QED) is 0.420. The van der Waals surface area contributed by atoms with E-state index in [1.807, 2.05) is 34.0 Å². The molecule has 1 rings (SSSR count). The second kappa shape index (κ2) is 9.18. The van der Waals surface area contributed by atoms with Gasteiger partial charge in [-0.1, -0.05) is 27.2 Å². The number of nitrogens with zero attached hydrogens (tertiary/aromatic N) is 1. The van der Waals surface area contributed by atoms with Gasteiger partial charge in [0.2, 0.25) is 0 Å². The van der Waals surface area contributed by atoms with Crippen LogP contribution >= 0.6 is 0 Å². The number of ether oxygens (including phenoxy) is 2. The van der Waals surface area contributed by atoms with E-state index < -0.39 is 5.97 Å². The third kappa shape index (κ3) is 5.84. The summed E-state index contributed by atoms with van der Waals surface area (Å²) in [5.41, 5.74) is 0.474. The first-order valence-electron chi connectivity index (χ1n) is 7.74. The Morgan fingerprint density at radius 3 is 2.50 bits per heavy atom. The maximum atomic E-state index is 12.0. The third-order valence-corrected chi connectivity index (χ3v) is 3.44. The van der Waals surface area contributed by atoms with E-state index in [1.54, 1.807) is 22.9 Å². The molecule has 0 fully saturated rings. The molecule has 122 valence electrons. The number of carbonyl (C=O) groups is 2. The highest BCUT2D eigenvalue weighted by atomic mass is 16.6. The van der Waals surface area contributed by atoms with Gasteiger partial charge in [0.25, 0.3) is 0 Å². The largest absolute Gasteiger partial charge is 0.462 e. The van der Waals surface area contributed by atoms with Crippen molar-refractivity contribution in [1.29, 1.82) is 0 Å². The highest BCUT2D eigenvalue weighted by Crippen LogP contribution is 2.18. The van der Waals surface area contributed by atoms with E-state index in [1.165, 1.54) is 0 Å². The maximum Gasteiger partial charge on any atom is 0.344 e. The number of esters is 2. The number of aromatic nitrogens is 1. The Morgan fingerprint density at radius 1 is 1.23 bits per heavy atom. The molecule has 0 aromatic carbocycles. The summed E-state index contributed by atoms with van der Waals surface area (Å²) in [5.74, 6) is -0.464. The second-order valence-electron chi connectivity index (χ2n) is 5.70. The van der Waals surface area contributed by atoms with Crippen LogP contribution in [0.5, 0.6) is 0 Å². The Hall–Kier alpha value is -1.91. The van der Waals surface area contributed by atoms with Crippen molar-refractivity contribution >= 4 is 11.9 Å². The molecule has 0 aliphatic rings. The number of hydrogen-bond acceptors (Lipinski definition) is 4. The van der Waals surface area contributed by atoms with Crippen LogP contribution < -0.4 is 4.57 Å². The van der Waals surface area contributed by atoms with Crippen molar-refractivity contribution in [2.45, 2.75) is 33.6 Å². The molecule has 0 aliphatic carbocycles. The van der Waals surface area contributed by atoms with Gasteiger partial charge in [-0.05, 0) is 18.4 Å². The van der Waals surface area contributed by atoms with Crippen LogP contribution in [-0.2, 0) is 21.3 Å². The molecule has 0 saturated heterocycles. The summed E-state index contributed by atoms with van der Waals surface area (Å²) in [4.78, 5) is 23.8. The van der Waals surface area contributed by atoms with Gasteiger partial charge in [-0.2, -0.15) is 0 Å². The molecule has 0 bridgehead atoms. The number of carbonyl (C=O) groups excluding carboxylic acids is 2. The maximum absolute atomic E-state index is 12.0. The predicted octanol–water partition coefficient (Wildman–Crippen LogP) is 2.28. The number of hydrogen-bond donors (Lipinski definition) is 0. The van der Waals surface area contributed by atoms with Crippen LogP contribution in [0.1, 0.15) is 44.0 Å². The Labute approximate surface area is 132 Å². The first-order chi connectivity index (χ1) is 10.5. The number of aryl methyl sites for hydroxylation is 1. The Morgan fingerprint density at radius 2 is 1.91 bits per heavy atom. The molecule has 0 aliphatic heterocycles. The SMILES string of the molecule is CCCC(C(=O)OCCOC(=O)c1ccc[n+](C)c1)C(C)C. The van der Waals surface area contributed by atoms with E-state index in [2.05, 4.69) is 0 Å². The summed E-state index contributed by atoms with van der Waals surface area (Å²) in [5, 5.41) is 0. The smallest absolute Gasteiger partial charge is 0.344 e. The zero-order valence-corrected chi connectivity index (χ0v) is 13.9. The minimum absolute atomic E-state index is 0.0696. The van der Waals surface area contributed by atoms with Gasteiger partial charge in [-0.25, -0.2) is 9.36 Å². The Balaban J connectivity index is 2.35. The molecule has 0 spiro atoms. The molecule has 5 nitrogen and oxygen atoms in total. The molecule has 5 heteroatoms. The normalized spacial score (nSPS) is 12.0.